The topological polar surface area (TPSA) is 96.5 Å². The van der Waals surface area contributed by atoms with E-state index in [-0.39, 0.29) is 18.4 Å². The number of anilines is 1. The Bertz CT molecular complexity index is 885. The maximum Gasteiger partial charge on any atom is 0.408 e. The van der Waals surface area contributed by atoms with Crippen LogP contribution in [0.1, 0.15) is 43.9 Å². The van der Waals surface area contributed by atoms with Crippen molar-refractivity contribution < 1.29 is 19.1 Å². The number of nitrogens with one attached hydrogen (secondary N) is 3. The van der Waals surface area contributed by atoms with Gasteiger partial charge in [-0.2, -0.15) is 0 Å². The van der Waals surface area contributed by atoms with E-state index in [1.54, 1.807) is 32.9 Å². The Kier molecular flexibility index (Phi) is 8.61. The molecule has 0 fully saturated rings. The van der Waals surface area contributed by atoms with Crippen molar-refractivity contribution in [3.05, 3.63) is 65.2 Å². The quantitative estimate of drug-likeness (QED) is 0.601. The third-order valence-corrected chi connectivity index (χ3v) is 4.28. The largest absolute Gasteiger partial charge is 0.444 e. The lowest BCUT2D eigenvalue weighted by atomic mass is 10.1. The molecule has 7 heteroatoms. The summed E-state index contributed by atoms with van der Waals surface area (Å²) in [6.45, 7) is 7.52. The van der Waals surface area contributed by atoms with Crippen LogP contribution in [-0.4, -0.2) is 30.1 Å². The highest BCUT2D eigenvalue weighted by Gasteiger charge is 2.16. The van der Waals surface area contributed by atoms with Gasteiger partial charge in [0, 0.05) is 18.7 Å². The molecule has 7 nitrogen and oxygen atoms in total. The molecule has 166 valence electrons. The maximum atomic E-state index is 12.1. The van der Waals surface area contributed by atoms with Gasteiger partial charge in [0.2, 0.25) is 11.8 Å². The summed E-state index contributed by atoms with van der Waals surface area (Å²) >= 11 is 0. The lowest BCUT2D eigenvalue weighted by Crippen LogP contribution is -2.37. The molecule has 0 saturated heterocycles. The van der Waals surface area contributed by atoms with Crippen LogP contribution in [0.5, 0.6) is 0 Å². The Morgan fingerprint density at radius 3 is 2.06 bits per heavy atom. The highest BCUT2D eigenvalue weighted by Crippen LogP contribution is 2.10. The zero-order valence-corrected chi connectivity index (χ0v) is 18.6. The molecule has 0 aliphatic heterocycles. The molecule has 0 unspecified atom stereocenters. The van der Waals surface area contributed by atoms with E-state index in [1.165, 1.54) is 5.56 Å². The first-order valence-electron chi connectivity index (χ1n) is 10.3. The monoisotopic (exact) mass is 425 g/mol. The summed E-state index contributed by atoms with van der Waals surface area (Å²) in [7, 11) is 0. The number of hydrogen-bond donors (Lipinski definition) is 3. The molecular weight excluding hydrogens is 394 g/mol. The molecule has 0 spiro atoms. The molecule has 2 rings (SSSR count). The molecule has 0 saturated carbocycles. The first-order chi connectivity index (χ1) is 14.6. The minimum atomic E-state index is -0.642. The fourth-order valence-electron chi connectivity index (χ4n) is 2.68. The summed E-state index contributed by atoms with van der Waals surface area (Å²) in [5, 5.41) is 8.01. The zero-order chi connectivity index (χ0) is 22.9. The Hall–Kier alpha value is -3.35. The van der Waals surface area contributed by atoms with E-state index in [4.69, 9.17) is 4.74 Å². The predicted molar refractivity (Wildman–Crippen MR) is 121 cm³/mol. The molecule has 2 aromatic carbocycles. The van der Waals surface area contributed by atoms with Crippen LogP contribution >= 0.6 is 0 Å². The number of hydrogen-bond acceptors (Lipinski definition) is 4. The van der Waals surface area contributed by atoms with Crippen molar-refractivity contribution in [1.29, 1.82) is 0 Å². The van der Waals surface area contributed by atoms with Gasteiger partial charge >= 0.3 is 6.09 Å². The number of aryl methyl sites for hydroxylation is 2. The Morgan fingerprint density at radius 2 is 1.45 bits per heavy atom. The average molecular weight is 426 g/mol. The van der Waals surface area contributed by atoms with E-state index in [9.17, 15) is 14.4 Å². The van der Waals surface area contributed by atoms with Crippen LogP contribution in [0, 0.1) is 6.92 Å². The van der Waals surface area contributed by atoms with Crippen molar-refractivity contribution in [2.75, 3.05) is 11.9 Å². The summed E-state index contributed by atoms with van der Waals surface area (Å²) in [5.74, 6) is -0.366. The third-order valence-electron chi connectivity index (χ3n) is 4.28. The molecule has 0 aromatic heterocycles. The van der Waals surface area contributed by atoms with E-state index in [0.717, 1.165) is 11.1 Å². The number of amides is 3. The Balaban J connectivity index is 1.69. The van der Waals surface area contributed by atoms with Gasteiger partial charge in [0.15, 0.2) is 0 Å². The van der Waals surface area contributed by atoms with Crippen molar-refractivity contribution in [1.82, 2.24) is 10.6 Å². The molecule has 0 atom stereocenters. The SMILES string of the molecule is Cc1ccc(CCC(=O)NCc2ccc(NC(=O)CNC(=O)OC(C)(C)C)cc2)cc1. The molecule has 2 aromatic rings. The molecule has 0 bridgehead atoms. The van der Waals surface area contributed by atoms with Gasteiger partial charge in [0.25, 0.3) is 0 Å². The Labute approximate surface area is 183 Å². The molecular formula is C24H31N3O4. The van der Waals surface area contributed by atoms with Crippen molar-refractivity contribution in [2.24, 2.45) is 0 Å². The fourth-order valence-corrected chi connectivity index (χ4v) is 2.68. The summed E-state index contributed by atoms with van der Waals surface area (Å²) in [5.41, 5.74) is 3.25. The van der Waals surface area contributed by atoms with Gasteiger partial charge in [0.1, 0.15) is 12.1 Å². The average Bonchev–Trinajstić information content (AvgIpc) is 2.70. The molecule has 3 amide bonds. The highest BCUT2D eigenvalue weighted by atomic mass is 16.6. The van der Waals surface area contributed by atoms with E-state index < -0.39 is 11.7 Å². The number of alkyl carbamates (subject to hydrolysis) is 1. The van der Waals surface area contributed by atoms with E-state index in [0.29, 0.717) is 25.1 Å². The lowest BCUT2D eigenvalue weighted by molar-refractivity contribution is -0.121. The molecule has 0 aliphatic carbocycles. The zero-order valence-electron chi connectivity index (χ0n) is 18.6. The predicted octanol–water partition coefficient (Wildman–Crippen LogP) is 3.71. The third kappa shape index (κ3) is 9.80. The van der Waals surface area contributed by atoms with Crippen LogP contribution in [0.15, 0.2) is 48.5 Å². The van der Waals surface area contributed by atoms with Crippen molar-refractivity contribution >= 4 is 23.6 Å². The molecule has 0 heterocycles. The number of rotatable bonds is 8. The van der Waals surface area contributed by atoms with E-state index in [1.807, 2.05) is 43.3 Å². The minimum absolute atomic E-state index is 0.00817. The molecule has 0 aliphatic rings. The first-order valence-corrected chi connectivity index (χ1v) is 10.3. The normalized spacial score (nSPS) is 10.8. The van der Waals surface area contributed by atoms with Crippen LogP contribution in [0.25, 0.3) is 0 Å². The number of carbonyl (C=O) groups is 3. The summed E-state index contributed by atoms with van der Waals surface area (Å²) in [6.07, 6.45) is 0.493. The van der Waals surface area contributed by atoms with Crippen LogP contribution in [0.2, 0.25) is 0 Å². The molecule has 31 heavy (non-hydrogen) atoms. The smallest absolute Gasteiger partial charge is 0.408 e. The second-order valence-electron chi connectivity index (χ2n) is 8.36. The second kappa shape index (κ2) is 11.2. The van der Waals surface area contributed by atoms with Gasteiger partial charge < -0.3 is 20.7 Å². The Morgan fingerprint density at radius 1 is 0.839 bits per heavy atom. The number of benzene rings is 2. The highest BCUT2D eigenvalue weighted by molar-refractivity contribution is 5.93. The second-order valence-corrected chi connectivity index (χ2v) is 8.36. The number of carbonyl (C=O) groups excluding carboxylic acids is 3. The van der Waals surface area contributed by atoms with Gasteiger partial charge in [0.05, 0.1) is 0 Å². The van der Waals surface area contributed by atoms with Gasteiger partial charge in [-0.3, -0.25) is 9.59 Å². The van der Waals surface area contributed by atoms with Crippen molar-refractivity contribution in [3.8, 4) is 0 Å². The summed E-state index contributed by atoms with van der Waals surface area (Å²) < 4.78 is 5.08. The minimum Gasteiger partial charge on any atom is -0.444 e. The van der Waals surface area contributed by atoms with Crippen LogP contribution in [-0.2, 0) is 27.3 Å². The van der Waals surface area contributed by atoms with Gasteiger partial charge in [-0.1, -0.05) is 42.0 Å². The van der Waals surface area contributed by atoms with Crippen LogP contribution < -0.4 is 16.0 Å². The van der Waals surface area contributed by atoms with Crippen molar-refractivity contribution in [2.45, 2.75) is 52.7 Å². The summed E-state index contributed by atoms with van der Waals surface area (Å²) in [4.78, 5) is 35.6. The number of ether oxygens (including phenoxy) is 1. The first kappa shape index (κ1) is 23.9. The van der Waals surface area contributed by atoms with Crippen LogP contribution in [0.3, 0.4) is 0 Å². The maximum absolute atomic E-state index is 12.1. The van der Waals surface area contributed by atoms with Gasteiger partial charge in [-0.05, 0) is 57.4 Å². The van der Waals surface area contributed by atoms with Gasteiger partial charge in [-0.25, -0.2) is 4.79 Å². The van der Waals surface area contributed by atoms with E-state index in [2.05, 4.69) is 16.0 Å². The fraction of sp³-hybridized carbons (Fsp3) is 0.375. The van der Waals surface area contributed by atoms with E-state index >= 15 is 0 Å². The molecule has 0 radical (unpaired) electrons. The lowest BCUT2D eigenvalue weighted by Gasteiger charge is -2.19. The summed E-state index contributed by atoms with van der Waals surface area (Å²) in [6, 6.07) is 15.3. The van der Waals surface area contributed by atoms with Gasteiger partial charge in [-0.15, -0.1) is 0 Å². The standard InChI is InChI=1S/C24H31N3O4/c1-17-5-7-18(8-6-17)11-14-21(28)25-15-19-9-12-20(13-10-19)27-22(29)16-26-23(30)31-24(2,3)4/h5-10,12-13H,11,14-16H2,1-4H3,(H,25,28)(H,26,30)(H,27,29). The molecule has 3 N–H and O–H groups in total. The van der Waals surface area contributed by atoms with Crippen molar-refractivity contribution in [3.63, 3.8) is 0 Å². The van der Waals surface area contributed by atoms with Crippen LogP contribution in [0.4, 0.5) is 10.5 Å².